The van der Waals surface area contributed by atoms with Crippen molar-refractivity contribution in [3.63, 3.8) is 0 Å². The minimum atomic E-state index is -0.371. The van der Waals surface area contributed by atoms with Gasteiger partial charge < -0.3 is 9.72 Å². The fourth-order valence-electron chi connectivity index (χ4n) is 2.96. The number of carbonyl (C=O) groups is 1. The molecule has 5 heteroatoms. The van der Waals surface area contributed by atoms with Crippen molar-refractivity contribution >= 4 is 27.9 Å². The quantitative estimate of drug-likeness (QED) is 0.594. The van der Waals surface area contributed by atoms with Gasteiger partial charge in [0.15, 0.2) is 0 Å². The van der Waals surface area contributed by atoms with E-state index in [1.807, 2.05) is 30.3 Å². The average Bonchev–Trinajstić information content (AvgIpc) is 3.03. The van der Waals surface area contributed by atoms with E-state index in [1.54, 1.807) is 16.7 Å². The Labute approximate surface area is 142 Å². The smallest absolute Gasteiger partial charge is 0.272 e. The molecule has 0 aliphatic heterocycles. The number of anilines is 1. The number of hydrogen-bond acceptors (Lipinski definition) is 2. The molecule has 0 aliphatic carbocycles. The van der Waals surface area contributed by atoms with Crippen molar-refractivity contribution in [2.75, 3.05) is 5.32 Å². The predicted molar refractivity (Wildman–Crippen MR) is 94.0 cm³/mol. The van der Waals surface area contributed by atoms with Crippen LogP contribution in [0, 0.1) is 17.1 Å². The molecule has 0 aliphatic rings. The first-order chi connectivity index (χ1) is 12.2. The number of hydrogen-bond donors (Lipinski definition) is 1. The second-order valence-electron chi connectivity index (χ2n) is 5.64. The summed E-state index contributed by atoms with van der Waals surface area (Å²) in [7, 11) is 0. The van der Waals surface area contributed by atoms with E-state index in [9.17, 15) is 14.4 Å². The first-order valence-electron chi connectivity index (χ1n) is 7.67. The van der Waals surface area contributed by atoms with Crippen LogP contribution in [-0.2, 0) is 0 Å². The van der Waals surface area contributed by atoms with Crippen LogP contribution < -0.4 is 5.32 Å². The summed E-state index contributed by atoms with van der Waals surface area (Å²) in [5, 5.41) is 14.1. The summed E-state index contributed by atoms with van der Waals surface area (Å²) in [6, 6.07) is 18.9. The molecule has 1 amide bonds. The number of halogens is 1. The number of rotatable bonds is 2. The number of aromatic nitrogens is 1. The molecule has 0 saturated carbocycles. The zero-order chi connectivity index (χ0) is 17.4. The molecular weight excluding hydrogens is 317 g/mol. The second kappa shape index (κ2) is 5.77. The normalized spacial score (nSPS) is 10.7. The summed E-state index contributed by atoms with van der Waals surface area (Å²) >= 11 is 0. The maximum absolute atomic E-state index is 13.0. The van der Waals surface area contributed by atoms with Crippen LogP contribution in [0.15, 0.2) is 66.9 Å². The van der Waals surface area contributed by atoms with Crippen molar-refractivity contribution in [2.24, 2.45) is 0 Å². The number of amides is 1. The van der Waals surface area contributed by atoms with Crippen LogP contribution in [0.25, 0.3) is 16.3 Å². The molecule has 25 heavy (non-hydrogen) atoms. The molecule has 2 aromatic heterocycles. The van der Waals surface area contributed by atoms with Crippen molar-refractivity contribution in [3.05, 3.63) is 83.9 Å². The standard InChI is InChI=1S/C20H12FN3O/c21-15-5-7-16(8-6-15)23-20(25)18-11-14(12-22)19-17-4-2-1-3-13(17)9-10-24(18)19/h1-11H,(H,23,25). The fraction of sp³-hybridized carbons (Fsp3) is 0. The van der Waals surface area contributed by atoms with E-state index >= 15 is 0 Å². The van der Waals surface area contributed by atoms with Crippen molar-refractivity contribution in [3.8, 4) is 6.07 Å². The molecule has 0 spiro atoms. The van der Waals surface area contributed by atoms with E-state index in [-0.39, 0.29) is 11.7 Å². The van der Waals surface area contributed by atoms with E-state index in [0.717, 1.165) is 10.8 Å². The van der Waals surface area contributed by atoms with Crippen LogP contribution in [0.1, 0.15) is 16.1 Å². The first-order valence-corrected chi connectivity index (χ1v) is 7.67. The largest absolute Gasteiger partial charge is 0.321 e. The molecule has 4 nitrogen and oxygen atoms in total. The van der Waals surface area contributed by atoms with Crippen molar-refractivity contribution in [1.82, 2.24) is 4.40 Å². The number of benzene rings is 2. The third kappa shape index (κ3) is 2.50. The number of carbonyl (C=O) groups excluding carboxylic acids is 1. The van der Waals surface area contributed by atoms with Crippen LogP contribution in [-0.4, -0.2) is 10.3 Å². The lowest BCUT2D eigenvalue weighted by Gasteiger charge is -2.07. The number of nitrogens with zero attached hydrogens (tertiary/aromatic N) is 2. The van der Waals surface area contributed by atoms with E-state index < -0.39 is 0 Å². The minimum Gasteiger partial charge on any atom is -0.321 e. The fourth-order valence-corrected chi connectivity index (χ4v) is 2.96. The zero-order valence-corrected chi connectivity index (χ0v) is 13.0. The Balaban J connectivity index is 1.85. The monoisotopic (exact) mass is 329 g/mol. The minimum absolute atomic E-state index is 0.349. The molecule has 2 heterocycles. The first kappa shape index (κ1) is 14.9. The Kier molecular flexibility index (Phi) is 3.44. The third-order valence-corrected chi connectivity index (χ3v) is 4.11. The highest BCUT2D eigenvalue weighted by Crippen LogP contribution is 2.26. The van der Waals surface area contributed by atoms with Gasteiger partial charge in [-0.3, -0.25) is 4.79 Å². The maximum Gasteiger partial charge on any atom is 0.272 e. The average molecular weight is 329 g/mol. The topological polar surface area (TPSA) is 57.3 Å². The molecule has 1 N–H and O–H groups in total. The van der Waals surface area contributed by atoms with Crippen LogP contribution >= 0.6 is 0 Å². The number of fused-ring (bicyclic) bond motifs is 3. The Morgan fingerprint density at radius 3 is 2.60 bits per heavy atom. The van der Waals surface area contributed by atoms with E-state index in [1.165, 1.54) is 24.3 Å². The molecule has 0 fully saturated rings. The zero-order valence-electron chi connectivity index (χ0n) is 13.0. The van der Waals surface area contributed by atoms with Gasteiger partial charge in [0.2, 0.25) is 0 Å². The lowest BCUT2D eigenvalue weighted by molar-refractivity contribution is 0.102. The highest BCUT2D eigenvalue weighted by molar-refractivity contribution is 6.07. The van der Waals surface area contributed by atoms with Crippen molar-refractivity contribution in [1.29, 1.82) is 5.26 Å². The summed E-state index contributed by atoms with van der Waals surface area (Å²) in [5.41, 5.74) is 1.97. The molecule has 0 unspecified atom stereocenters. The Hall–Kier alpha value is -3.65. The van der Waals surface area contributed by atoms with Gasteiger partial charge in [0, 0.05) is 17.3 Å². The van der Waals surface area contributed by atoms with Gasteiger partial charge >= 0.3 is 0 Å². The van der Waals surface area contributed by atoms with Gasteiger partial charge in [-0.05, 0) is 41.8 Å². The Morgan fingerprint density at radius 1 is 1.08 bits per heavy atom. The highest BCUT2D eigenvalue weighted by atomic mass is 19.1. The Morgan fingerprint density at radius 2 is 1.84 bits per heavy atom. The van der Waals surface area contributed by atoms with E-state index in [2.05, 4.69) is 11.4 Å². The number of pyridine rings is 1. The van der Waals surface area contributed by atoms with Crippen molar-refractivity contribution in [2.45, 2.75) is 0 Å². The lowest BCUT2D eigenvalue weighted by atomic mass is 10.1. The molecule has 0 bridgehead atoms. The van der Waals surface area contributed by atoms with Crippen LogP contribution in [0.2, 0.25) is 0 Å². The van der Waals surface area contributed by atoms with Gasteiger partial charge in [-0.1, -0.05) is 24.3 Å². The molecule has 2 aromatic carbocycles. The van der Waals surface area contributed by atoms with Crippen LogP contribution in [0.5, 0.6) is 0 Å². The lowest BCUT2D eigenvalue weighted by Crippen LogP contribution is -2.14. The number of nitrogens with one attached hydrogen (secondary N) is 1. The summed E-state index contributed by atoms with van der Waals surface area (Å²) < 4.78 is 14.7. The van der Waals surface area contributed by atoms with Gasteiger partial charge in [0.25, 0.3) is 5.91 Å². The summed E-state index contributed by atoms with van der Waals surface area (Å²) in [4.78, 5) is 12.6. The number of nitriles is 1. The molecule has 0 atom stereocenters. The molecule has 4 aromatic rings. The molecule has 0 saturated heterocycles. The van der Waals surface area contributed by atoms with Crippen LogP contribution in [0.3, 0.4) is 0 Å². The Bertz CT molecular complexity index is 1150. The van der Waals surface area contributed by atoms with Crippen molar-refractivity contribution < 1.29 is 9.18 Å². The molecule has 4 rings (SSSR count). The predicted octanol–water partition coefficient (Wildman–Crippen LogP) is 4.36. The van der Waals surface area contributed by atoms with E-state index in [0.29, 0.717) is 22.5 Å². The van der Waals surface area contributed by atoms with Crippen LogP contribution in [0.4, 0.5) is 10.1 Å². The third-order valence-electron chi connectivity index (χ3n) is 4.11. The van der Waals surface area contributed by atoms with Gasteiger partial charge in [0.05, 0.1) is 11.1 Å². The van der Waals surface area contributed by atoms with Gasteiger partial charge in [-0.2, -0.15) is 5.26 Å². The maximum atomic E-state index is 13.0. The summed E-state index contributed by atoms with van der Waals surface area (Å²) in [6.07, 6.45) is 1.78. The summed E-state index contributed by atoms with van der Waals surface area (Å²) in [6.45, 7) is 0. The van der Waals surface area contributed by atoms with Gasteiger partial charge in [-0.15, -0.1) is 0 Å². The van der Waals surface area contributed by atoms with E-state index in [4.69, 9.17) is 0 Å². The molecule has 0 radical (unpaired) electrons. The van der Waals surface area contributed by atoms with Gasteiger partial charge in [-0.25, -0.2) is 4.39 Å². The molecule has 120 valence electrons. The SMILES string of the molecule is N#Cc1cc(C(=O)Nc2ccc(F)cc2)n2ccc3ccccc3c12. The molecular formula is C20H12FN3O. The highest BCUT2D eigenvalue weighted by Gasteiger charge is 2.17. The second-order valence-corrected chi connectivity index (χ2v) is 5.64. The van der Waals surface area contributed by atoms with Gasteiger partial charge in [0.1, 0.15) is 17.6 Å². The summed E-state index contributed by atoms with van der Waals surface area (Å²) in [5.74, 6) is -0.734.